The summed E-state index contributed by atoms with van der Waals surface area (Å²) in [6, 6.07) is 3.21. The van der Waals surface area contributed by atoms with Crippen molar-refractivity contribution in [3.8, 4) is 0 Å². The molecule has 104 valence electrons. The van der Waals surface area contributed by atoms with Gasteiger partial charge in [0.25, 0.3) is 5.91 Å². The van der Waals surface area contributed by atoms with Crippen LogP contribution in [0.1, 0.15) is 27.4 Å². The van der Waals surface area contributed by atoms with Crippen LogP contribution in [0.4, 0.5) is 5.13 Å². The Labute approximate surface area is 119 Å². The average molecular weight is 291 g/mol. The molecule has 0 bridgehead atoms. The van der Waals surface area contributed by atoms with Gasteiger partial charge in [0.2, 0.25) is 0 Å². The number of carbonyl (C=O) groups is 1. The molecule has 2 rings (SSSR count). The van der Waals surface area contributed by atoms with Gasteiger partial charge in [-0.1, -0.05) is 0 Å². The van der Waals surface area contributed by atoms with Gasteiger partial charge in [-0.2, -0.15) is 0 Å². The Morgan fingerprint density at radius 2 is 2.05 bits per heavy atom. The van der Waals surface area contributed by atoms with Crippen LogP contribution in [0.25, 0.3) is 0 Å². The first-order valence-electron chi connectivity index (χ1n) is 5.71. The molecular formula is C12H13N5O2S. The molecule has 0 spiro atoms. The molecule has 20 heavy (non-hydrogen) atoms. The summed E-state index contributed by atoms with van der Waals surface area (Å²) >= 11 is 1.31. The predicted molar refractivity (Wildman–Crippen MR) is 75.5 cm³/mol. The van der Waals surface area contributed by atoms with Crippen LogP contribution in [0.3, 0.4) is 0 Å². The molecule has 8 heteroatoms. The van der Waals surface area contributed by atoms with E-state index in [1.165, 1.54) is 11.3 Å². The maximum absolute atomic E-state index is 12.2. The molecular weight excluding hydrogens is 278 g/mol. The second kappa shape index (κ2) is 5.76. The number of nitrogens with one attached hydrogen (secondary N) is 3. The van der Waals surface area contributed by atoms with E-state index in [0.29, 0.717) is 10.8 Å². The van der Waals surface area contributed by atoms with Crippen molar-refractivity contribution in [1.82, 2.24) is 15.4 Å². The lowest BCUT2D eigenvalue weighted by Crippen LogP contribution is -2.25. The summed E-state index contributed by atoms with van der Waals surface area (Å²) < 4.78 is 0. The van der Waals surface area contributed by atoms with Crippen LogP contribution >= 0.6 is 11.3 Å². The van der Waals surface area contributed by atoms with Gasteiger partial charge < -0.3 is 0 Å². The molecule has 2 heterocycles. The third-order valence-electron chi connectivity index (χ3n) is 2.47. The maximum Gasteiger partial charge on any atom is 0.276 e. The average Bonchev–Trinajstić information content (AvgIpc) is 2.83. The fourth-order valence-electron chi connectivity index (χ4n) is 1.56. The van der Waals surface area contributed by atoms with E-state index in [4.69, 9.17) is 10.6 Å². The molecule has 0 aliphatic rings. The molecule has 2 aromatic rings. The van der Waals surface area contributed by atoms with E-state index in [0.717, 1.165) is 5.69 Å². The second-order valence-electron chi connectivity index (χ2n) is 4.08. The molecule has 0 fully saturated rings. The highest BCUT2D eigenvalue weighted by molar-refractivity contribution is 7.13. The number of hydroxylamine groups is 1. The minimum Gasteiger partial charge on any atom is -0.296 e. The zero-order valence-corrected chi connectivity index (χ0v) is 11.7. The number of anilines is 1. The third kappa shape index (κ3) is 2.98. The van der Waals surface area contributed by atoms with E-state index >= 15 is 0 Å². The first kappa shape index (κ1) is 14.1. The van der Waals surface area contributed by atoms with Crippen LogP contribution in [0, 0.1) is 19.3 Å². The summed E-state index contributed by atoms with van der Waals surface area (Å²) in [5.74, 6) is -0.768. The predicted octanol–water partition coefficient (Wildman–Crippen LogP) is 1.71. The summed E-state index contributed by atoms with van der Waals surface area (Å²) in [6.07, 6.45) is 0. The number of nitrogens with zero attached hydrogens (tertiary/aromatic N) is 2. The smallest absolute Gasteiger partial charge is 0.276 e. The summed E-state index contributed by atoms with van der Waals surface area (Å²) in [4.78, 5) is 20.5. The number of amides is 1. The first-order chi connectivity index (χ1) is 9.51. The van der Waals surface area contributed by atoms with Crippen LogP contribution in [-0.4, -0.2) is 26.9 Å². The van der Waals surface area contributed by atoms with Gasteiger partial charge in [-0.25, -0.2) is 9.97 Å². The Bertz CT molecular complexity index is 668. The Morgan fingerprint density at radius 1 is 1.30 bits per heavy atom. The molecule has 2 aromatic heterocycles. The summed E-state index contributed by atoms with van der Waals surface area (Å²) in [7, 11) is 0. The van der Waals surface area contributed by atoms with Crippen LogP contribution in [0.15, 0.2) is 17.5 Å². The molecule has 0 unspecified atom stereocenters. The largest absolute Gasteiger partial charge is 0.296 e. The van der Waals surface area contributed by atoms with Gasteiger partial charge in [0.15, 0.2) is 11.0 Å². The fraction of sp³-hybridized carbons (Fsp3) is 0.167. The third-order valence-corrected chi connectivity index (χ3v) is 3.35. The molecule has 0 radical (unpaired) electrons. The van der Waals surface area contributed by atoms with Crippen LogP contribution in [0.2, 0.25) is 0 Å². The number of aromatic nitrogens is 2. The van der Waals surface area contributed by atoms with Crippen molar-refractivity contribution in [2.75, 3.05) is 5.32 Å². The lowest BCUT2D eigenvalue weighted by atomic mass is 10.1. The number of pyridine rings is 1. The number of carbonyl (C=O) groups excluding carboxylic acids is 1. The molecule has 0 aliphatic carbocycles. The van der Waals surface area contributed by atoms with Crippen molar-refractivity contribution in [2.24, 2.45) is 0 Å². The van der Waals surface area contributed by atoms with E-state index < -0.39 is 5.91 Å². The number of hydrogen-bond donors (Lipinski definition) is 4. The molecule has 4 N–H and O–H groups in total. The summed E-state index contributed by atoms with van der Waals surface area (Å²) in [6.45, 7) is 3.57. The molecule has 0 aromatic carbocycles. The van der Waals surface area contributed by atoms with Crippen LogP contribution < -0.4 is 10.8 Å². The van der Waals surface area contributed by atoms with E-state index in [9.17, 15) is 4.79 Å². The Balaban J connectivity index is 2.33. The van der Waals surface area contributed by atoms with E-state index in [2.05, 4.69) is 15.3 Å². The fourth-order valence-corrected chi connectivity index (χ4v) is 2.24. The number of thiazole rings is 1. The van der Waals surface area contributed by atoms with Gasteiger partial charge in [0, 0.05) is 16.6 Å². The topological polar surface area (TPSA) is 111 Å². The zero-order chi connectivity index (χ0) is 14.7. The molecule has 0 saturated carbocycles. The highest BCUT2D eigenvalue weighted by Crippen LogP contribution is 2.16. The quantitative estimate of drug-likeness (QED) is 0.391. The Kier molecular flexibility index (Phi) is 4.06. The number of rotatable bonds is 3. The molecule has 7 nitrogen and oxygen atoms in total. The maximum atomic E-state index is 12.2. The standard InChI is InChI=1S/C12H13N5O2S/c1-6-3-4-8(10(13)17-19)9(14-6)11(18)16-12-15-7(2)5-20-12/h3-5,19H,1-2H3,(H2,13,17)(H,15,16,18). The van der Waals surface area contributed by atoms with E-state index in [1.54, 1.807) is 24.5 Å². The van der Waals surface area contributed by atoms with Crippen molar-refractivity contribution < 1.29 is 10.0 Å². The normalized spacial score (nSPS) is 10.2. The minimum atomic E-state index is -0.474. The van der Waals surface area contributed by atoms with Crippen molar-refractivity contribution in [3.05, 3.63) is 40.2 Å². The second-order valence-corrected chi connectivity index (χ2v) is 4.94. The van der Waals surface area contributed by atoms with Crippen molar-refractivity contribution in [1.29, 1.82) is 5.41 Å². The van der Waals surface area contributed by atoms with E-state index in [1.807, 2.05) is 12.3 Å². The number of aryl methyl sites for hydroxylation is 2. The Hall–Kier alpha value is -2.32. The molecule has 1 amide bonds. The molecule has 0 saturated heterocycles. The molecule has 0 atom stereocenters. The van der Waals surface area contributed by atoms with Gasteiger partial charge >= 0.3 is 0 Å². The van der Waals surface area contributed by atoms with Crippen molar-refractivity contribution in [2.45, 2.75) is 13.8 Å². The lowest BCUT2D eigenvalue weighted by molar-refractivity contribution is 0.102. The highest BCUT2D eigenvalue weighted by atomic mass is 32.1. The van der Waals surface area contributed by atoms with Crippen LogP contribution in [-0.2, 0) is 0 Å². The lowest BCUT2D eigenvalue weighted by Gasteiger charge is -2.09. The number of hydrogen-bond acceptors (Lipinski definition) is 6. The van der Waals surface area contributed by atoms with Gasteiger partial charge in [-0.15, -0.1) is 11.3 Å². The van der Waals surface area contributed by atoms with Gasteiger partial charge in [0.05, 0.1) is 5.69 Å². The molecule has 0 aliphatic heterocycles. The van der Waals surface area contributed by atoms with Gasteiger partial charge in [-0.05, 0) is 26.0 Å². The minimum absolute atomic E-state index is 0.0596. The van der Waals surface area contributed by atoms with Crippen LogP contribution in [0.5, 0.6) is 0 Å². The van der Waals surface area contributed by atoms with Gasteiger partial charge in [0.1, 0.15) is 5.69 Å². The SMILES string of the molecule is Cc1csc(NC(=O)c2nc(C)ccc2C(=N)NO)n1. The van der Waals surface area contributed by atoms with Crippen molar-refractivity contribution >= 4 is 28.2 Å². The first-order valence-corrected chi connectivity index (χ1v) is 6.59. The Morgan fingerprint density at radius 3 is 2.65 bits per heavy atom. The summed E-state index contributed by atoms with van der Waals surface area (Å²) in [5.41, 5.74) is 3.44. The van der Waals surface area contributed by atoms with Crippen molar-refractivity contribution in [3.63, 3.8) is 0 Å². The number of amidine groups is 1. The highest BCUT2D eigenvalue weighted by Gasteiger charge is 2.17. The van der Waals surface area contributed by atoms with Gasteiger partial charge in [-0.3, -0.25) is 26.2 Å². The zero-order valence-electron chi connectivity index (χ0n) is 10.9. The summed E-state index contributed by atoms with van der Waals surface area (Å²) in [5, 5.41) is 21.3. The monoisotopic (exact) mass is 291 g/mol. The van der Waals surface area contributed by atoms with E-state index in [-0.39, 0.29) is 17.1 Å².